The van der Waals surface area contributed by atoms with E-state index in [9.17, 15) is 9.18 Å². The van der Waals surface area contributed by atoms with Crippen molar-refractivity contribution in [1.29, 1.82) is 0 Å². The minimum absolute atomic E-state index is 0. The van der Waals surface area contributed by atoms with Crippen LogP contribution in [-0.2, 0) is 11.3 Å². The molecule has 0 atom stereocenters. The van der Waals surface area contributed by atoms with Crippen molar-refractivity contribution < 1.29 is 9.18 Å². The summed E-state index contributed by atoms with van der Waals surface area (Å²) < 4.78 is 13.2. The lowest BCUT2D eigenvalue weighted by Crippen LogP contribution is -2.50. The average Bonchev–Trinajstić information content (AvgIpc) is 2.84. The van der Waals surface area contributed by atoms with Crippen LogP contribution in [0.5, 0.6) is 0 Å². The molecular formula is C14H16ClFN4OS. The van der Waals surface area contributed by atoms with E-state index in [0.717, 1.165) is 11.4 Å². The van der Waals surface area contributed by atoms with Crippen molar-refractivity contribution in [2.45, 2.75) is 6.54 Å². The number of anilines is 2. The average molecular weight is 343 g/mol. The molecule has 1 aliphatic rings. The molecule has 0 radical (unpaired) electrons. The van der Waals surface area contributed by atoms with Crippen molar-refractivity contribution in [2.24, 2.45) is 0 Å². The first-order valence-corrected chi connectivity index (χ1v) is 7.42. The van der Waals surface area contributed by atoms with E-state index in [1.54, 1.807) is 23.2 Å². The van der Waals surface area contributed by atoms with Crippen LogP contribution in [0.15, 0.2) is 30.5 Å². The molecule has 1 aliphatic heterocycles. The van der Waals surface area contributed by atoms with E-state index in [0.29, 0.717) is 30.5 Å². The van der Waals surface area contributed by atoms with Crippen molar-refractivity contribution in [1.82, 2.24) is 9.88 Å². The largest absolute Gasteiger partial charge is 0.375 e. The lowest BCUT2D eigenvalue weighted by Gasteiger charge is -2.34. The first-order chi connectivity index (χ1) is 10.1. The molecule has 8 heteroatoms. The van der Waals surface area contributed by atoms with Crippen LogP contribution in [0.3, 0.4) is 0 Å². The van der Waals surface area contributed by atoms with Gasteiger partial charge in [-0.15, -0.1) is 23.7 Å². The van der Waals surface area contributed by atoms with E-state index >= 15 is 0 Å². The number of nitrogens with two attached hydrogens (primary N) is 1. The van der Waals surface area contributed by atoms with Gasteiger partial charge in [0.05, 0.1) is 6.54 Å². The van der Waals surface area contributed by atoms with Crippen LogP contribution in [0.2, 0.25) is 0 Å². The quantitative estimate of drug-likeness (QED) is 0.928. The van der Waals surface area contributed by atoms with Gasteiger partial charge in [0, 0.05) is 36.4 Å². The van der Waals surface area contributed by atoms with Crippen LogP contribution in [-0.4, -0.2) is 35.4 Å². The van der Waals surface area contributed by atoms with Crippen molar-refractivity contribution in [3.63, 3.8) is 0 Å². The smallest absolute Gasteiger partial charge is 0.241 e. The Morgan fingerprint density at radius 1 is 1.36 bits per heavy atom. The number of thiazole rings is 1. The first kappa shape index (κ1) is 16.7. The molecule has 1 aromatic heterocycles. The number of carbonyl (C=O) groups excluding carboxylic acids is 1. The summed E-state index contributed by atoms with van der Waals surface area (Å²) in [7, 11) is 0. The second kappa shape index (κ2) is 7.04. The van der Waals surface area contributed by atoms with Gasteiger partial charge in [0.15, 0.2) is 5.13 Å². The third-order valence-corrected chi connectivity index (χ3v) is 4.18. The number of rotatable bonds is 3. The van der Waals surface area contributed by atoms with Crippen molar-refractivity contribution in [2.75, 3.05) is 30.3 Å². The van der Waals surface area contributed by atoms with E-state index in [4.69, 9.17) is 5.73 Å². The topological polar surface area (TPSA) is 62.5 Å². The van der Waals surface area contributed by atoms with Crippen molar-refractivity contribution in [3.8, 4) is 0 Å². The Morgan fingerprint density at radius 3 is 2.82 bits per heavy atom. The van der Waals surface area contributed by atoms with E-state index in [-0.39, 0.29) is 24.1 Å². The molecule has 5 nitrogen and oxygen atoms in total. The third-order valence-electron chi connectivity index (χ3n) is 3.37. The highest BCUT2D eigenvalue weighted by Crippen LogP contribution is 2.21. The summed E-state index contributed by atoms with van der Waals surface area (Å²) in [6, 6.07) is 6.13. The minimum atomic E-state index is -0.331. The zero-order valence-electron chi connectivity index (χ0n) is 11.7. The summed E-state index contributed by atoms with van der Waals surface area (Å²) in [5.74, 6) is -0.354. The van der Waals surface area contributed by atoms with Gasteiger partial charge in [0.1, 0.15) is 5.82 Å². The number of hydrogen-bond acceptors (Lipinski definition) is 5. The van der Waals surface area contributed by atoms with Gasteiger partial charge in [-0.1, -0.05) is 6.07 Å². The Bertz CT molecular complexity index is 666. The highest BCUT2D eigenvalue weighted by Gasteiger charge is 2.25. The summed E-state index contributed by atoms with van der Waals surface area (Å²) in [6.45, 7) is 2.27. The summed E-state index contributed by atoms with van der Waals surface area (Å²) in [4.78, 5) is 21.0. The maximum absolute atomic E-state index is 13.2. The van der Waals surface area contributed by atoms with Crippen LogP contribution in [0.1, 0.15) is 4.88 Å². The van der Waals surface area contributed by atoms with Crippen LogP contribution in [0, 0.1) is 5.82 Å². The number of nitrogens with zero attached hydrogens (tertiary/aromatic N) is 3. The van der Waals surface area contributed by atoms with E-state index in [2.05, 4.69) is 4.98 Å². The molecule has 118 valence electrons. The number of piperazine rings is 1. The number of benzene rings is 1. The van der Waals surface area contributed by atoms with Gasteiger partial charge in [-0.3, -0.25) is 9.69 Å². The molecule has 2 aromatic rings. The Balaban J connectivity index is 0.00000176. The normalized spacial score (nSPS) is 15.7. The molecule has 1 fully saturated rings. The van der Waals surface area contributed by atoms with Gasteiger partial charge >= 0.3 is 0 Å². The number of carbonyl (C=O) groups is 1. The van der Waals surface area contributed by atoms with Gasteiger partial charge < -0.3 is 10.6 Å². The number of hydrogen-bond donors (Lipinski definition) is 1. The molecule has 0 spiro atoms. The van der Waals surface area contributed by atoms with Gasteiger partial charge in [0.2, 0.25) is 5.91 Å². The number of amides is 1. The monoisotopic (exact) mass is 342 g/mol. The molecular weight excluding hydrogens is 327 g/mol. The predicted octanol–water partition coefficient (Wildman–Crippen LogP) is 2.14. The second-order valence-corrected chi connectivity index (χ2v) is 6.05. The molecule has 1 saturated heterocycles. The Kier molecular flexibility index (Phi) is 5.33. The SMILES string of the molecule is Cl.Nc1ncc(CN2CCN(c3cccc(F)c3)C(=O)C2)s1. The zero-order chi connectivity index (χ0) is 14.8. The molecule has 0 saturated carbocycles. The number of halogens is 2. The van der Waals surface area contributed by atoms with Crippen molar-refractivity contribution in [3.05, 3.63) is 41.2 Å². The highest BCUT2D eigenvalue weighted by atomic mass is 35.5. The van der Waals surface area contributed by atoms with Gasteiger partial charge in [-0.2, -0.15) is 0 Å². The maximum Gasteiger partial charge on any atom is 0.241 e. The zero-order valence-corrected chi connectivity index (χ0v) is 13.4. The third kappa shape index (κ3) is 3.73. The molecule has 2 N–H and O–H groups in total. The molecule has 22 heavy (non-hydrogen) atoms. The fraction of sp³-hybridized carbons (Fsp3) is 0.286. The molecule has 3 rings (SSSR count). The van der Waals surface area contributed by atoms with Crippen molar-refractivity contribution >= 4 is 40.5 Å². The van der Waals surface area contributed by atoms with E-state index in [1.165, 1.54) is 23.5 Å². The van der Waals surface area contributed by atoms with Crippen LogP contribution in [0.25, 0.3) is 0 Å². The predicted molar refractivity (Wildman–Crippen MR) is 87.8 cm³/mol. The molecule has 1 aromatic carbocycles. The fourth-order valence-electron chi connectivity index (χ4n) is 2.39. The number of aromatic nitrogens is 1. The minimum Gasteiger partial charge on any atom is -0.375 e. The molecule has 0 bridgehead atoms. The first-order valence-electron chi connectivity index (χ1n) is 6.60. The van der Waals surface area contributed by atoms with Crippen LogP contribution < -0.4 is 10.6 Å². The van der Waals surface area contributed by atoms with Crippen LogP contribution >= 0.6 is 23.7 Å². The maximum atomic E-state index is 13.2. The highest BCUT2D eigenvalue weighted by molar-refractivity contribution is 7.15. The summed E-state index contributed by atoms with van der Waals surface area (Å²) in [6.07, 6.45) is 1.74. The Labute approximate surface area is 138 Å². The van der Waals surface area contributed by atoms with E-state index < -0.39 is 0 Å². The molecule has 0 aliphatic carbocycles. The Hall–Kier alpha value is -1.70. The van der Waals surface area contributed by atoms with E-state index in [1.807, 2.05) is 4.90 Å². The molecule has 2 heterocycles. The Morgan fingerprint density at radius 2 is 2.18 bits per heavy atom. The second-order valence-electron chi connectivity index (χ2n) is 4.90. The van der Waals surface area contributed by atoms with Gasteiger partial charge in [0.25, 0.3) is 0 Å². The molecule has 1 amide bonds. The standard InChI is InChI=1S/C14H15FN4OS.ClH/c15-10-2-1-3-11(6-10)19-5-4-18(9-13(19)20)8-12-7-17-14(16)21-12;/h1-3,6-7H,4-5,8-9H2,(H2,16,17);1H. The summed E-state index contributed by atoms with van der Waals surface area (Å²) >= 11 is 1.43. The number of nitrogen functional groups attached to an aromatic ring is 1. The fourth-order valence-corrected chi connectivity index (χ4v) is 3.12. The lowest BCUT2D eigenvalue weighted by atomic mass is 10.2. The summed E-state index contributed by atoms with van der Waals surface area (Å²) in [5, 5.41) is 0.537. The van der Waals surface area contributed by atoms with Crippen LogP contribution in [0.4, 0.5) is 15.2 Å². The molecule has 0 unspecified atom stereocenters. The lowest BCUT2D eigenvalue weighted by molar-refractivity contribution is -0.121. The van der Waals surface area contributed by atoms with Gasteiger partial charge in [-0.25, -0.2) is 9.37 Å². The van der Waals surface area contributed by atoms with Gasteiger partial charge in [-0.05, 0) is 18.2 Å². The summed E-state index contributed by atoms with van der Waals surface area (Å²) in [5.41, 5.74) is 6.21.